The standard InChI is InChI=1S/C12H15FN2O6/c1-14(5-7(16)6-21-2)11-3-8(12(17)18)10(15(19)20)4-9(11)13/h3-4,7,16H,5-6H2,1-2H3,(H,17,18). The summed E-state index contributed by atoms with van der Waals surface area (Å²) in [4.78, 5) is 22.0. The minimum Gasteiger partial charge on any atom is -0.477 e. The lowest BCUT2D eigenvalue weighted by atomic mass is 10.1. The number of carboxylic acid groups (broad SMARTS) is 1. The molecule has 21 heavy (non-hydrogen) atoms. The van der Waals surface area contributed by atoms with Gasteiger partial charge in [0.15, 0.2) is 5.82 Å². The molecule has 9 heteroatoms. The summed E-state index contributed by atoms with van der Waals surface area (Å²) in [5.74, 6) is -2.48. The van der Waals surface area contributed by atoms with Gasteiger partial charge in [-0.3, -0.25) is 10.1 Å². The number of benzene rings is 1. The number of anilines is 1. The lowest BCUT2D eigenvalue weighted by Gasteiger charge is -2.23. The van der Waals surface area contributed by atoms with Crippen LogP contribution in [0.15, 0.2) is 12.1 Å². The number of aliphatic hydroxyl groups is 1. The largest absolute Gasteiger partial charge is 0.477 e. The second-order valence-corrected chi connectivity index (χ2v) is 4.37. The number of halogens is 1. The van der Waals surface area contributed by atoms with E-state index in [4.69, 9.17) is 9.84 Å². The number of nitro benzene ring substituents is 1. The van der Waals surface area contributed by atoms with Gasteiger partial charge in [0.25, 0.3) is 5.69 Å². The Bertz CT molecular complexity index is 551. The van der Waals surface area contributed by atoms with Gasteiger partial charge in [-0.2, -0.15) is 0 Å². The number of aromatic carboxylic acids is 1. The van der Waals surface area contributed by atoms with Gasteiger partial charge in [0.05, 0.1) is 29.4 Å². The monoisotopic (exact) mass is 302 g/mol. The topological polar surface area (TPSA) is 113 Å². The number of methoxy groups -OCH3 is 1. The van der Waals surface area contributed by atoms with Crippen LogP contribution in [0.2, 0.25) is 0 Å². The highest BCUT2D eigenvalue weighted by Gasteiger charge is 2.25. The molecule has 1 rings (SSSR count). The summed E-state index contributed by atoms with van der Waals surface area (Å²) < 4.78 is 18.6. The number of nitro groups is 1. The van der Waals surface area contributed by atoms with E-state index in [9.17, 15) is 24.4 Å². The van der Waals surface area contributed by atoms with Crippen molar-refractivity contribution in [3.63, 3.8) is 0 Å². The highest BCUT2D eigenvalue weighted by atomic mass is 19.1. The molecule has 0 aliphatic carbocycles. The van der Waals surface area contributed by atoms with Crippen molar-refractivity contribution < 1.29 is 29.1 Å². The predicted octanol–water partition coefficient (Wildman–Crippen LogP) is 0.876. The third-order valence-corrected chi connectivity index (χ3v) is 2.75. The second kappa shape index (κ2) is 6.95. The van der Waals surface area contributed by atoms with Gasteiger partial charge >= 0.3 is 5.97 Å². The summed E-state index contributed by atoms with van der Waals surface area (Å²) in [7, 11) is 2.81. The molecular formula is C12H15FN2O6. The van der Waals surface area contributed by atoms with Crippen molar-refractivity contribution in [2.45, 2.75) is 6.10 Å². The molecule has 116 valence electrons. The summed E-state index contributed by atoms with van der Waals surface area (Å²) in [5, 5.41) is 29.3. The van der Waals surface area contributed by atoms with Crippen molar-refractivity contribution in [3.8, 4) is 0 Å². The van der Waals surface area contributed by atoms with Gasteiger partial charge in [-0.05, 0) is 6.07 Å². The number of aliphatic hydroxyl groups excluding tert-OH is 1. The van der Waals surface area contributed by atoms with E-state index in [2.05, 4.69) is 0 Å². The molecule has 1 aromatic rings. The number of rotatable bonds is 7. The normalized spacial score (nSPS) is 12.0. The van der Waals surface area contributed by atoms with E-state index in [1.807, 2.05) is 0 Å². The molecule has 0 heterocycles. The molecule has 1 aromatic carbocycles. The first kappa shape index (κ1) is 16.8. The van der Waals surface area contributed by atoms with Gasteiger partial charge in [0.2, 0.25) is 0 Å². The number of ether oxygens (including phenoxy) is 1. The number of carboxylic acids is 1. The third kappa shape index (κ3) is 4.10. The lowest BCUT2D eigenvalue weighted by molar-refractivity contribution is -0.385. The zero-order chi connectivity index (χ0) is 16.2. The molecule has 0 saturated heterocycles. The van der Waals surface area contributed by atoms with Crippen molar-refractivity contribution in [1.82, 2.24) is 0 Å². The van der Waals surface area contributed by atoms with Gasteiger partial charge in [-0.25, -0.2) is 9.18 Å². The van der Waals surface area contributed by atoms with Gasteiger partial charge in [-0.1, -0.05) is 0 Å². The molecule has 0 spiro atoms. The molecule has 0 bridgehead atoms. The molecule has 0 aliphatic rings. The Balaban J connectivity index is 3.16. The van der Waals surface area contributed by atoms with Gasteiger partial charge in [0, 0.05) is 20.7 Å². The molecule has 0 aliphatic heterocycles. The Kier molecular flexibility index (Phi) is 5.56. The summed E-state index contributed by atoms with van der Waals surface area (Å²) in [6, 6.07) is 1.42. The maximum Gasteiger partial charge on any atom is 0.342 e. The van der Waals surface area contributed by atoms with Crippen LogP contribution in [0.5, 0.6) is 0 Å². The van der Waals surface area contributed by atoms with E-state index in [1.54, 1.807) is 0 Å². The Hall–Kier alpha value is -2.26. The SMILES string of the molecule is COCC(O)CN(C)c1cc(C(=O)O)c([N+](=O)[O-])cc1F. The van der Waals surface area contributed by atoms with Crippen LogP contribution in [0, 0.1) is 15.9 Å². The van der Waals surface area contributed by atoms with Crippen LogP contribution in [-0.4, -0.2) is 54.5 Å². The first-order valence-electron chi connectivity index (χ1n) is 5.87. The first-order chi connectivity index (χ1) is 9.77. The second-order valence-electron chi connectivity index (χ2n) is 4.37. The number of likely N-dealkylation sites (N-methyl/N-ethyl adjacent to an activating group) is 1. The fourth-order valence-electron chi connectivity index (χ4n) is 1.83. The van der Waals surface area contributed by atoms with Gasteiger partial charge < -0.3 is 19.8 Å². The summed E-state index contributed by atoms with van der Waals surface area (Å²) in [6.07, 6.45) is -0.914. The molecular weight excluding hydrogens is 287 g/mol. The molecule has 0 fully saturated rings. The maximum absolute atomic E-state index is 13.9. The summed E-state index contributed by atoms with van der Waals surface area (Å²) in [5.41, 5.74) is -1.60. The Labute approximate surface area is 119 Å². The number of nitrogens with zero attached hydrogens (tertiary/aromatic N) is 2. The fraction of sp³-hybridized carbons (Fsp3) is 0.417. The van der Waals surface area contributed by atoms with Crippen LogP contribution in [0.1, 0.15) is 10.4 Å². The number of carbonyl (C=O) groups is 1. The fourth-order valence-corrected chi connectivity index (χ4v) is 1.83. The molecule has 0 radical (unpaired) electrons. The quantitative estimate of drug-likeness (QED) is 0.567. The minimum atomic E-state index is -1.53. The zero-order valence-corrected chi connectivity index (χ0v) is 11.4. The van der Waals surface area contributed by atoms with Crippen LogP contribution in [-0.2, 0) is 4.74 Å². The molecule has 1 unspecified atom stereocenters. The molecule has 0 aromatic heterocycles. The summed E-state index contributed by atoms with van der Waals surface area (Å²) in [6.45, 7) is -0.00758. The highest BCUT2D eigenvalue weighted by molar-refractivity contribution is 5.93. The van der Waals surface area contributed by atoms with Crippen molar-refractivity contribution in [1.29, 1.82) is 0 Å². The van der Waals surface area contributed by atoms with Gasteiger partial charge in [-0.15, -0.1) is 0 Å². The van der Waals surface area contributed by atoms with E-state index in [0.29, 0.717) is 6.07 Å². The van der Waals surface area contributed by atoms with E-state index < -0.39 is 34.1 Å². The van der Waals surface area contributed by atoms with Gasteiger partial charge in [0.1, 0.15) is 5.56 Å². The minimum absolute atomic E-state index is 0.0186. The van der Waals surface area contributed by atoms with Crippen LogP contribution in [0.3, 0.4) is 0 Å². The highest BCUT2D eigenvalue weighted by Crippen LogP contribution is 2.28. The Morgan fingerprint density at radius 1 is 1.57 bits per heavy atom. The van der Waals surface area contributed by atoms with Crippen LogP contribution < -0.4 is 4.90 Å². The third-order valence-electron chi connectivity index (χ3n) is 2.75. The van der Waals surface area contributed by atoms with Crippen molar-refractivity contribution >= 4 is 17.3 Å². The number of hydrogen-bond acceptors (Lipinski definition) is 6. The predicted molar refractivity (Wildman–Crippen MR) is 71.2 cm³/mol. The average Bonchev–Trinajstić information content (AvgIpc) is 2.37. The average molecular weight is 302 g/mol. The van der Waals surface area contributed by atoms with E-state index in [1.165, 1.54) is 19.1 Å². The molecule has 2 N–H and O–H groups in total. The zero-order valence-electron chi connectivity index (χ0n) is 11.4. The maximum atomic E-state index is 13.9. The smallest absolute Gasteiger partial charge is 0.342 e. The van der Waals surface area contributed by atoms with E-state index in [0.717, 1.165) is 6.07 Å². The van der Waals surface area contributed by atoms with E-state index in [-0.39, 0.29) is 18.8 Å². The molecule has 0 saturated carbocycles. The molecule has 0 amide bonds. The molecule has 1 atom stereocenters. The lowest BCUT2D eigenvalue weighted by Crippen LogP contribution is -2.32. The van der Waals surface area contributed by atoms with Crippen LogP contribution in [0.25, 0.3) is 0 Å². The van der Waals surface area contributed by atoms with Crippen molar-refractivity contribution in [2.24, 2.45) is 0 Å². The summed E-state index contributed by atoms with van der Waals surface area (Å²) >= 11 is 0. The molecule has 8 nitrogen and oxygen atoms in total. The van der Waals surface area contributed by atoms with Crippen LogP contribution in [0.4, 0.5) is 15.8 Å². The Morgan fingerprint density at radius 3 is 2.67 bits per heavy atom. The van der Waals surface area contributed by atoms with E-state index >= 15 is 0 Å². The van der Waals surface area contributed by atoms with Crippen molar-refractivity contribution in [2.75, 3.05) is 32.2 Å². The first-order valence-corrected chi connectivity index (χ1v) is 5.87. The van der Waals surface area contributed by atoms with Crippen LogP contribution >= 0.6 is 0 Å². The van der Waals surface area contributed by atoms with Crippen molar-refractivity contribution in [3.05, 3.63) is 33.6 Å². The number of hydrogen-bond donors (Lipinski definition) is 2. The Morgan fingerprint density at radius 2 is 2.19 bits per heavy atom.